The van der Waals surface area contributed by atoms with Crippen LogP contribution in [0.5, 0.6) is 0 Å². The first-order chi connectivity index (χ1) is 8.18. The van der Waals surface area contributed by atoms with Gasteiger partial charge in [0.2, 0.25) is 0 Å². The van der Waals surface area contributed by atoms with Crippen LogP contribution >= 0.6 is 0 Å². The number of carbonyl (C=O) groups is 2. The molecule has 1 saturated carbocycles. The van der Waals surface area contributed by atoms with Crippen molar-refractivity contribution in [3.8, 4) is 0 Å². The third kappa shape index (κ3) is 2.75. The number of hydrogen-bond acceptors (Lipinski definition) is 2. The molecule has 4 nitrogen and oxygen atoms in total. The number of ketones is 1. The first kappa shape index (κ1) is 11.9. The summed E-state index contributed by atoms with van der Waals surface area (Å²) < 4.78 is 0. The van der Waals surface area contributed by atoms with E-state index in [4.69, 9.17) is 5.11 Å². The zero-order valence-electron chi connectivity index (χ0n) is 9.74. The molecule has 0 aromatic carbocycles. The molecule has 2 rings (SSSR count). The van der Waals surface area contributed by atoms with E-state index in [0.717, 1.165) is 25.7 Å². The Kier molecular flexibility index (Phi) is 3.61. The van der Waals surface area contributed by atoms with Crippen molar-refractivity contribution in [2.75, 3.05) is 0 Å². The number of nitrogens with one attached hydrogen (secondary N) is 1. The number of carboxylic acid groups (broad SMARTS) is 1. The minimum Gasteiger partial charge on any atom is -0.478 e. The molecule has 17 heavy (non-hydrogen) atoms. The lowest BCUT2D eigenvalue weighted by atomic mass is 9.93. The molecule has 0 spiro atoms. The average Bonchev–Trinajstić information content (AvgIpc) is 2.65. The fourth-order valence-corrected chi connectivity index (χ4v) is 2.42. The predicted octanol–water partition coefficient (Wildman–Crippen LogP) is 2.87. The molecule has 1 aromatic heterocycles. The molecule has 1 aliphatic carbocycles. The third-order valence-electron chi connectivity index (χ3n) is 3.42. The highest BCUT2D eigenvalue weighted by Crippen LogP contribution is 2.25. The van der Waals surface area contributed by atoms with Gasteiger partial charge < -0.3 is 10.1 Å². The number of aromatic carboxylic acids is 1. The molecular formula is C13H17NO3. The Morgan fingerprint density at radius 1 is 1.18 bits per heavy atom. The minimum absolute atomic E-state index is 0.0674. The van der Waals surface area contributed by atoms with Gasteiger partial charge in [-0.2, -0.15) is 0 Å². The Morgan fingerprint density at radius 3 is 2.35 bits per heavy atom. The molecule has 1 heterocycles. The monoisotopic (exact) mass is 235 g/mol. The van der Waals surface area contributed by atoms with Crippen LogP contribution in [0.25, 0.3) is 0 Å². The number of carboxylic acids is 1. The lowest BCUT2D eigenvalue weighted by Crippen LogP contribution is -2.14. The van der Waals surface area contributed by atoms with E-state index in [1.165, 1.54) is 25.1 Å². The highest BCUT2D eigenvalue weighted by molar-refractivity contribution is 5.99. The van der Waals surface area contributed by atoms with Crippen LogP contribution in [0.3, 0.4) is 0 Å². The third-order valence-corrected chi connectivity index (χ3v) is 3.42. The van der Waals surface area contributed by atoms with Crippen molar-refractivity contribution >= 4 is 11.8 Å². The fourth-order valence-electron chi connectivity index (χ4n) is 2.42. The van der Waals surface area contributed by atoms with Gasteiger partial charge in [-0.15, -0.1) is 0 Å². The Labute approximate surface area is 100 Å². The standard InChI is InChI=1S/C13H17NO3/c15-12(9-5-3-1-2-4-6-9)11-7-10(8-14-11)13(16)17/h7-9,14H,1-6H2,(H,16,17). The molecule has 1 fully saturated rings. The summed E-state index contributed by atoms with van der Waals surface area (Å²) in [4.78, 5) is 25.7. The first-order valence-electron chi connectivity index (χ1n) is 6.14. The Bertz CT molecular complexity index is 414. The number of H-pyrrole nitrogens is 1. The van der Waals surface area contributed by atoms with Gasteiger partial charge in [0.15, 0.2) is 5.78 Å². The molecule has 0 atom stereocenters. The van der Waals surface area contributed by atoms with E-state index >= 15 is 0 Å². The van der Waals surface area contributed by atoms with Crippen molar-refractivity contribution in [1.29, 1.82) is 0 Å². The molecule has 0 amide bonds. The number of carbonyl (C=O) groups excluding carboxylic acids is 1. The average molecular weight is 235 g/mol. The summed E-state index contributed by atoms with van der Waals surface area (Å²) in [7, 11) is 0. The van der Waals surface area contributed by atoms with E-state index in [2.05, 4.69) is 4.98 Å². The SMILES string of the molecule is O=C(O)c1c[nH]c(C(=O)C2CCCCCC2)c1. The summed E-state index contributed by atoms with van der Waals surface area (Å²) in [5, 5.41) is 8.80. The summed E-state index contributed by atoms with van der Waals surface area (Å²) in [6.45, 7) is 0. The molecule has 92 valence electrons. The summed E-state index contributed by atoms with van der Waals surface area (Å²) in [6.07, 6.45) is 7.85. The first-order valence-corrected chi connectivity index (χ1v) is 6.14. The van der Waals surface area contributed by atoms with Crippen LogP contribution in [-0.4, -0.2) is 21.8 Å². The molecule has 2 N–H and O–H groups in total. The maximum absolute atomic E-state index is 12.2. The molecule has 4 heteroatoms. The largest absolute Gasteiger partial charge is 0.478 e. The molecule has 0 saturated heterocycles. The van der Waals surface area contributed by atoms with Crippen LogP contribution in [0.4, 0.5) is 0 Å². The van der Waals surface area contributed by atoms with Crippen LogP contribution in [0.15, 0.2) is 12.3 Å². The minimum atomic E-state index is -0.999. The Hall–Kier alpha value is -1.58. The summed E-state index contributed by atoms with van der Waals surface area (Å²) in [5.74, 6) is -0.863. The van der Waals surface area contributed by atoms with Gasteiger partial charge >= 0.3 is 5.97 Å². The fraction of sp³-hybridized carbons (Fsp3) is 0.538. The van der Waals surface area contributed by atoms with Crippen LogP contribution < -0.4 is 0 Å². The number of rotatable bonds is 3. The van der Waals surface area contributed by atoms with E-state index in [-0.39, 0.29) is 17.3 Å². The lowest BCUT2D eigenvalue weighted by Gasteiger charge is -2.10. The van der Waals surface area contributed by atoms with Crippen LogP contribution in [-0.2, 0) is 0 Å². The quantitative estimate of drug-likeness (QED) is 0.625. The van der Waals surface area contributed by atoms with Crippen LogP contribution in [0.2, 0.25) is 0 Å². The number of aromatic nitrogens is 1. The summed E-state index contributed by atoms with van der Waals surface area (Å²) in [5.41, 5.74) is 0.594. The highest BCUT2D eigenvalue weighted by atomic mass is 16.4. The van der Waals surface area contributed by atoms with Crippen molar-refractivity contribution in [3.63, 3.8) is 0 Å². The van der Waals surface area contributed by atoms with E-state index < -0.39 is 5.97 Å². The normalized spacial score (nSPS) is 17.6. The second-order valence-corrected chi connectivity index (χ2v) is 4.66. The second kappa shape index (κ2) is 5.17. The van der Waals surface area contributed by atoms with Gasteiger partial charge in [-0.3, -0.25) is 4.79 Å². The van der Waals surface area contributed by atoms with Gasteiger partial charge in [0.25, 0.3) is 0 Å². The van der Waals surface area contributed by atoms with Gasteiger partial charge in [0.05, 0.1) is 11.3 Å². The highest BCUT2D eigenvalue weighted by Gasteiger charge is 2.23. The smallest absolute Gasteiger partial charge is 0.337 e. The van der Waals surface area contributed by atoms with Crippen LogP contribution in [0.1, 0.15) is 59.4 Å². The predicted molar refractivity (Wildman–Crippen MR) is 63.3 cm³/mol. The number of aromatic amines is 1. The van der Waals surface area contributed by atoms with Gasteiger partial charge in [-0.1, -0.05) is 25.7 Å². The van der Waals surface area contributed by atoms with E-state index in [1.54, 1.807) is 0 Å². The lowest BCUT2D eigenvalue weighted by molar-refractivity contribution is 0.0697. The van der Waals surface area contributed by atoms with Gasteiger partial charge in [-0.25, -0.2) is 4.79 Å². The van der Waals surface area contributed by atoms with E-state index in [9.17, 15) is 9.59 Å². The second-order valence-electron chi connectivity index (χ2n) is 4.66. The zero-order valence-corrected chi connectivity index (χ0v) is 9.74. The van der Waals surface area contributed by atoms with Crippen molar-refractivity contribution in [2.45, 2.75) is 38.5 Å². The van der Waals surface area contributed by atoms with E-state index in [0.29, 0.717) is 5.69 Å². The van der Waals surface area contributed by atoms with Crippen molar-refractivity contribution in [2.24, 2.45) is 5.92 Å². The van der Waals surface area contributed by atoms with Gasteiger partial charge in [0, 0.05) is 12.1 Å². The summed E-state index contributed by atoms with van der Waals surface area (Å²) in [6, 6.07) is 1.44. The van der Waals surface area contributed by atoms with E-state index in [1.807, 2.05) is 0 Å². The van der Waals surface area contributed by atoms with Crippen molar-refractivity contribution in [3.05, 3.63) is 23.5 Å². The Morgan fingerprint density at radius 2 is 1.82 bits per heavy atom. The van der Waals surface area contributed by atoms with Gasteiger partial charge in [0.1, 0.15) is 0 Å². The molecule has 0 unspecified atom stereocenters. The topological polar surface area (TPSA) is 70.2 Å². The van der Waals surface area contributed by atoms with Crippen molar-refractivity contribution < 1.29 is 14.7 Å². The molecule has 1 aliphatic rings. The Balaban J connectivity index is 2.09. The summed E-state index contributed by atoms with van der Waals surface area (Å²) >= 11 is 0. The maximum atomic E-state index is 12.2. The zero-order chi connectivity index (χ0) is 12.3. The molecule has 0 aliphatic heterocycles. The maximum Gasteiger partial charge on any atom is 0.337 e. The number of Topliss-reactive ketones (excluding diaryl/α,β-unsaturated/α-hetero) is 1. The van der Waals surface area contributed by atoms with Crippen LogP contribution in [0, 0.1) is 5.92 Å². The molecule has 1 aromatic rings. The molecular weight excluding hydrogens is 218 g/mol. The van der Waals surface area contributed by atoms with Crippen molar-refractivity contribution in [1.82, 2.24) is 4.98 Å². The van der Waals surface area contributed by atoms with Gasteiger partial charge in [-0.05, 0) is 18.9 Å². The number of hydrogen-bond donors (Lipinski definition) is 2. The molecule has 0 radical (unpaired) electrons. The molecule has 0 bridgehead atoms.